The van der Waals surface area contributed by atoms with Gasteiger partial charge in [-0.05, 0) is 18.1 Å². The number of hydrogen-bond acceptors (Lipinski definition) is 8. The molecule has 120 valence electrons. The number of nitriles is 1. The first-order valence-corrected chi connectivity index (χ1v) is 7.33. The van der Waals surface area contributed by atoms with Crippen LogP contribution in [-0.4, -0.2) is 29.7 Å². The maximum absolute atomic E-state index is 8.76. The first-order valence-electron chi connectivity index (χ1n) is 7.33. The number of anilines is 3. The third-order valence-electron chi connectivity index (χ3n) is 3.28. The molecule has 0 saturated heterocycles. The van der Waals surface area contributed by atoms with Gasteiger partial charge in [0.1, 0.15) is 18.9 Å². The number of hydrogen-bond donors (Lipinski definition) is 2. The highest BCUT2D eigenvalue weighted by atomic mass is 15.3. The number of nitrogens with one attached hydrogen (secondary N) is 1. The molecule has 0 bridgehead atoms. The van der Waals surface area contributed by atoms with E-state index in [1.165, 1.54) is 11.0 Å². The molecule has 0 fully saturated rings. The summed E-state index contributed by atoms with van der Waals surface area (Å²) in [5.74, 6) is 0.983. The fourth-order valence-electron chi connectivity index (χ4n) is 2.20. The second kappa shape index (κ2) is 6.70. The van der Waals surface area contributed by atoms with Crippen molar-refractivity contribution in [1.82, 2.24) is 29.7 Å². The number of benzene rings is 1. The van der Waals surface area contributed by atoms with Crippen molar-refractivity contribution >= 4 is 17.6 Å². The van der Waals surface area contributed by atoms with Crippen LogP contribution in [0, 0.1) is 11.3 Å². The van der Waals surface area contributed by atoms with Crippen LogP contribution in [-0.2, 0) is 13.0 Å². The molecule has 0 atom stereocenters. The number of nitrogen functional groups attached to an aromatic ring is 1. The van der Waals surface area contributed by atoms with Gasteiger partial charge in [0.15, 0.2) is 5.82 Å². The Hall–Kier alpha value is -3.54. The molecule has 3 aromatic rings. The molecule has 2 aromatic heterocycles. The quantitative estimate of drug-likeness (QED) is 0.718. The lowest BCUT2D eigenvalue weighted by Crippen LogP contribution is -2.11. The van der Waals surface area contributed by atoms with E-state index in [0.29, 0.717) is 11.8 Å². The van der Waals surface area contributed by atoms with Gasteiger partial charge in [0.25, 0.3) is 5.82 Å². The van der Waals surface area contributed by atoms with Gasteiger partial charge < -0.3 is 11.1 Å². The van der Waals surface area contributed by atoms with Crippen LogP contribution < -0.4 is 11.1 Å². The van der Waals surface area contributed by atoms with Crippen molar-refractivity contribution in [3.63, 3.8) is 0 Å². The number of nitrogens with zero attached hydrogens (tertiary/aromatic N) is 7. The number of aromatic nitrogens is 6. The number of nitrogens with two attached hydrogens (primary N) is 1. The normalized spacial score (nSPS) is 10.3. The lowest BCUT2D eigenvalue weighted by molar-refractivity contribution is 0.650. The first-order chi connectivity index (χ1) is 11.7. The number of aryl methyl sites for hydroxylation is 1. The molecule has 0 aliphatic heterocycles. The average Bonchev–Trinajstić information content (AvgIpc) is 3.02. The van der Waals surface area contributed by atoms with Crippen molar-refractivity contribution in [2.24, 2.45) is 0 Å². The maximum atomic E-state index is 8.76. The molecule has 0 spiro atoms. The topological polar surface area (TPSA) is 131 Å². The van der Waals surface area contributed by atoms with E-state index < -0.39 is 0 Å². The summed E-state index contributed by atoms with van der Waals surface area (Å²) < 4.78 is 1.47. The van der Waals surface area contributed by atoms with Crippen molar-refractivity contribution in [2.75, 3.05) is 11.1 Å². The molecule has 0 aliphatic rings. The summed E-state index contributed by atoms with van der Waals surface area (Å²) in [4.78, 5) is 16.4. The molecule has 3 N–H and O–H groups in total. The molecule has 1 aromatic carbocycles. The van der Waals surface area contributed by atoms with Crippen LogP contribution in [0.4, 0.5) is 17.6 Å². The van der Waals surface area contributed by atoms with E-state index >= 15 is 0 Å². The van der Waals surface area contributed by atoms with E-state index in [4.69, 9.17) is 11.0 Å². The maximum Gasteiger partial charge on any atom is 0.252 e. The fourth-order valence-corrected chi connectivity index (χ4v) is 2.20. The molecule has 9 heteroatoms. The summed E-state index contributed by atoms with van der Waals surface area (Å²) in [5, 5.41) is 15.9. The van der Waals surface area contributed by atoms with Gasteiger partial charge in [0.05, 0.1) is 0 Å². The molecule has 0 unspecified atom stereocenters. The molecule has 0 saturated carbocycles. The van der Waals surface area contributed by atoms with E-state index in [1.807, 2.05) is 30.3 Å². The molecule has 0 amide bonds. The molecule has 0 radical (unpaired) electrons. The van der Waals surface area contributed by atoms with Gasteiger partial charge in [0, 0.05) is 5.69 Å². The Bertz CT molecular complexity index is 894. The van der Waals surface area contributed by atoms with Crippen molar-refractivity contribution in [3.8, 4) is 6.07 Å². The molecular formula is C15H15N9. The third kappa shape index (κ3) is 3.44. The standard InChI is InChI=1S/C15H15N9/c1-2-10-5-3-4-6-11(10)19-15-21-13(20-14(17)22-15)8-24-9-18-12(7-16)23-24/h3-6,9H,2,8H2,1H3,(H3,17,19,20,21,22). The number of rotatable bonds is 5. The zero-order valence-electron chi connectivity index (χ0n) is 13.0. The van der Waals surface area contributed by atoms with E-state index in [1.54, 1.807) is 0 Å². The summed E-state index contributed by atoms with van der Waals surface area (Å²) in [5.41, 5.74) is 7.84. The second-order valence-electron chi connectivity index (χ2n) is 4.95. The molecular weight excluding hydrogens is 306 g/mol. The van der Waals surface area contributed by atoms with Gasteiger partial charge in [-0.3, -0.25) is 0 Å². The van der Waals surface area contributed by atoms with E-state index in [2.05, 4.69) is 37.3 Å². The first kappa shape index (κ1) is 15.4. The Morgan fingerprint density at radius 2 is 2.08 bits per heavy atom. The molecule has 9 nitrogen and oxygen atoms in total. The van der Waals surface area contributed by atoms with Crippen LogP contribution in [0.15, 0.2) is 30.6 Å². The summed E-state index contributed by atoms with van der Waals surface area (Å²) in [6, 6.07) is 9.77. The Morgan fingerprint density at radius 3 is 2.83 bits per heavy atom. The number of para-hydroxylation sites is 1. The minimum absolute atomic E-state index is 0.0900. The highest BCUT2D eigenvalue weighted by Gasteiger charge is 2.09. The molecule has 0 aliphatic carbocycles. The van der Waals surface area contributed by atoms with Gasteiger partial charge in [-0.1, -0.05) is 25.1 Å². The monoisotopic (exact) mass is 321 g/mol. The Morgan fingerprint density at radius 1 is 1.25 bits per heavy atom. The summed E-state index contributed by atoms with van der Waals surface area (Å²) in [6.45, 7) is 2.32. The Kier molecular flexibility index (Phi) is 4.29. The highest BCUT2D eigenvalue weighted by Crippen LogP contribution is 2.19. The highest BCUT2D eigenvalue weighted by molar-refractivity contribution is 5.58. The van der Waals surface area contributed by atoms with Crippen LogP contribution in [0.1, 0.15) is 24.1 Å². The summed E-state index contributed by atoms with van der Waals surface area (Å²) >= 11 is 0. The predicted molar refractivity (Wildman–Crippen MR) is 87.2 cm³/mol. The smallest absolute Gasteiger partial charge is 0.252 e. The van der Waals surface area contributed by atoms with Gasteiger partial charge in [-0.2, -0.15) is 20.2 Å². The van der Waals surface area contributed by atoms with Crippen molar-refractivity contribution < 1.29 is 0 Å². The Labute approximate surface area is 138 Å². The summed E-state index contributed by atoms with van der Waals surface area (Å²) in [6.07, 6.45) is 2.32. The molecule has 2 heterocycles. The van der Waals surface area contributed by atoms with Gasteiger partial charge >= 0.3 is 0 Å². The lowest BCUT2D eigenvalue weighted by Gasteiger charge is -2.10. The van der Waals surface area contributed by atoms with E-state index in [-0.39, 0.29) is 18.3 Å². The van der Waals surface area contributed by atoms with E-state index in [9.17, 15) is 0 Å². The predicted octanol–water partition coefficient (Wildman–Crippen LogP) is 1.27. The SMILES string of the molecule is CCc1ccccc1Nc1nc(N)nc(Cn2cnc(C#N)n2)n1. The average molecular weight is 321 g/mol. The zero-order valence-corrected chi connectivity index (χ0v) is 13.0. The van der Waals surface area contributed by atoms with Crippen LogP contribution >= 0.6 is 0 Å². The van der Waals surface area contributed by atoms with Gasteiger partial charge in [0.2, 0.25) is 11.9 Å². The Balaban J connectivity index is 1.84. The zero-order chi connectivity index (χ0) is 16.9. The van der Waals surface area contributed by atoms with Gasteiger partial charge in [-0.15, -0.1) is 5.10 Å². The van der Waals surface area contributed by atoms with Crippen molar-refractivity contribution in [3.05, 3.63) is 47.8 Å². The third-order valence-corrected chi connectivity index (χ3v) is 3.28. The largest absolute Gasteiger partial charge is 0.368 e. The molecule has 3 rings (SSSR count). The van der Waals surface area contributed by atoms with E-state index in [0.717, 1.165) is 17.7 Å². The minimum Gasteiger partial charge on any atom is -0.368 e. The second-order valence-corrected chi connectivity index (χ2v) is 4.95. The van der Waals surface area contributed by atoms with Crippen LogP contribution in [0.2, 0.25) is 0 Å². The fraction of sp³-hybridized carbons (Fsp3) is 0.200. The van der Waals surface area contributed by atoms with Crippen LogP contribution in [0.25, 0.3) is 0 Å². The van der Waals surface area contributed by atoms with Crippen molar-refractivity contribution in [2.45, 2.75) is 19.9 Å². The minimum atomic E-state index is 0.0900. The summed E-state index contributed by atoms with van der Waals surface area (Å²) in [7, 11) is 0. The molecule has 24 heavy (non-hydrogen) atoms. The van der Waals surface area contributed by atoms with Crippen molar-refractivity contribution in [1.29, 1.82) is 5.26 Å². The van der Waals surface area contributed by atoms with Gasteiger partial charge in [-0.25, -0.2) is 9.67 Å². The van der Waals surface area contributed by atoms with Crippen LogP contribution in [0.3, 0.4) is 0 Å². The van der Waals surface area contributed by atoms with Crippen LogP contribution in [0.5, 0.6) is 0 Å². The lowest BCUT2D eigenvalue weighted by atomic mass is 10.1.